The second-order valence-corrected chi connectivity index (χ2v) is 8.85. The molecule has 1 unspecified atom stereocenters. The number of benzene rings is 2. The topological polar surface area (TPSA) is 97.1 Å². The Kier molecular flexibility index (Phi) is 10.5. The standard InChI is InChI=1S/C27H38N4O4/c1-34-20-26(32)31-17-13-23(18-25(31)27(33)29-15-14-28)30(16-12-21-6-4-3-5-7-21)19-22-8-10-24(35-2)11-9-22/h3-11,23,25H,12-20,28H2,1-2H3,(H,29,33)/t23?,25-/m1/s1. The van der Waals surface area contributed by atoms with Gasteiger partial charge in [-0.1, -0.05) is 42.5 Å². The Bertz CT molecular complexity index is 923. The summed E-state index contributed by atoms with van der Waals surface area (Å²) >= 11 is 0. The maximum atomic E-state index is 13.0. The van der Waals surface area contributed by atoms with E-state index in [0.29, 0.717) is 26.1 Å². The van der Waals surface area contributed by atoms with Gasteiger partial charge in [-0.2, -0.15) is 0 Å². The number of carbonyl (C=O) groups is 2. The van der Waals surface area contributed by atoms with Crippen LogP contribution in [0.5, 0.6) is 5.75 Å². The minimum absolute atomic E-state index is 0.0328. The minimum atomic E-state index is -0.543. The lowest BCUT2D eigenvalue weighted by atomic mass is 9.93. The number of methoxy groups -OCH3 is 2. The van der Waals surface area contributed by atoms with Gasteiger partial charge in [0.25, 0.3) is 0 Å². The molecule has 8 heteroatoms. The molecular weight excluding hydrogens is 444 g/mol. The Morgan fingerprint density at radius 1 is 1.09 bits per heavy atom. The molecule has 1 aliphatic rings. The number of likely N-dealkylation sites (tertiary alicyclic amines) is 1. The van der Waals surface area contributed by atoms with E-state index in [0.717, 1.165) is 31.7 Å². The van der Waals surface area contributed by atoms with Crippen molar-refractivity contribution in [2.24, 2.45) is 5.73 Å². The number of hydrogen-bond donors (Lipinski definition) is 2. The first-order valence-electron chi connectivity index (χ1n) is 12.2. The van der Waals surface area contributed by atoms with Crippen LogP contribution in [0.1, 0.15) is 24.0 Å². The molecule has 2 atom stereocenters. The Hall–Kier alpha value is -2.94. The summed E-state index contributed by atoms with van der Waals surface area (Å²) < 4.78 is 10.4. The van der Waals surface area contributed by atoms with Crippen molar-refractivity contribution in [1.82, 2.24) is 15.1 Å². The number of nitrogens with one attached hydrogen (secondary N) is 1. The molecule has 3 N–H and O–H groups in total. The molecule has 2 aromatic rings. The Labute approximate surface area is 208 Å². The number of piperidine rings is 1. The normalized spacial score (nSPS) is 17.9. The number of ether oxygens (including phenoxy) is 2. The van der Waals surface area contributed by atoms with E-state index in [4.69, 9.17) is 15.2 Å². The lowest BCUT2D eigenvalue weighted by Crippen LogP contribution is -2.58. The highest BCUT2D eigenvalue weighted by molar-refractivity contribution is 5.88. The van der Waals surface area contributed by atoms with Gasteiger partial charge in [-0.05, 0) is 42.5 Å². The van der Waals surface area contributed by atoms with Crippen LogP contribution >= 0.6 is 0 Å². The van der Waals surface area contributed by atoms with E-state index in [1.807, 2.05) is 18.2 Å². The van der Waals surface area contributed by atoms with Crippen LogP contribution in [0.15, 0.2) is 54.6 Å². The van der Waals surface area contributed by atoms with E-state index in [2.05, 4.69) is 46.6 Å². The molecule has 0 spiro atoms. The first-order valence-corrected chi connectivity index (χ1v) is 12.2. The second kappa shape index (κ2) is 13.8. The molecule has 3 rings (SSSR count). The van der Waals surface area contributed by atoms with Crippen molar-refractivity contribution in [2.45, 2.75) is 37.9 Å². The van der Waals surface area contributed by atoms with Gasteiger partial charge in [-0.25, -0.2) is 0 Å². The number of amides is 2. The minimum Gasteiger partial charge on any atom is -0.497 e. The van der Waals surface area contributed by atoms with E-state index in [9.17, 15) is 9.59 Å². The van der Waals surface area contributed by atoms with Gasteiger partial charge in [-0.15, -0.1) is 0 Å². The van der Waals surface area contributed by atoms with Gasteiger partial charge in [-0.3, -0.25) is 14.5 Å². The summed E-state index contributed by atoms with van der Waals surface area (Å²) in [4.78, 5) is 29.8. The van der Waals surface area contributed by atoms with E-state index in [1.165, 1.54) is 18.2 Å². The molecule has 35 heavy (non-hydrogen) atoms. The van der Waals surface area contributed by atoms with Gasteiger partial charge in [0.2, 0.25) is 11.8 Å². The summed E-state index contributed by atoms with van der Waals surface area (Å²) in [5.74, 6) is 0.507. The zero-order chi connectivity index (χ0) is 25.0. The maximum absolute atomic E-state index is 13.0. The summed E-state index contributed by atoms with van der Waals surface area (Å²) in [7, 11) is 3.16. The molecule has 0 aromatic heterocycles. The van der Waals surface area contributed by atoms with Crippen molar-refractivity contribution in [1.29, 1.82) is 0 Å². The van der Waals surface area contributed by atoms with Crippen LogP contribution in [-0.2, 0) is 27.3 Å². The van der Waals surface area contributed by atoms with Gasteiger partial charge in [0, 0.05) is 45.9 Å². The molecule has 190 valence electrons. The third-order valence-corrected chi connectivity index (χ3v) is 6.50. The van der Waals surface area contributed by atoms with Crippen molar-refractivity contribution in [2.75, 3.05) is 47.0 Å². The van der Waals surface area contributed by atoms with Gasteiger partial charge < -0.3 is 25.4 Å². The van der Waals surface area contributed by atoms with E-state index < -0.39 is 6.04 Å². The van der Waals surface area contributed by atoms with Gasteiger partial charge in [0.15, 0.2) is 0 Å². The predicted molar refractivity (Wildman–Crippen MR) is 136 cm³/mol. The van der Waals surface area contributed by atoms with Crippen molar-refractivity contribution in [3.8, 4) is 5.75 Å². The van der Waals surface area contributed by atoms with Crippen LogP contribution in [0.3, 0.4) is 0 Å². The first-order chi connectivity index (χ1) is 17.0. The lowest BCUT2D eigenvalue weighted by Gasteiger charge is -2.43. The average molecular weight is 483 g/mol. The van der Waals surface area contributed by atoms with Crippen molar-refractivity contribution in [3.05, 3.63) is 65.7 Å². The summed E-state index contributed by atoms with van der Waals surface area (Å²) in [5.41, 5.74) is 8.05. The Balaban J connectivity index is 1.79. The number of carbonyl (C=O) groups excluding carboxylic acids is 2. The highest BCUT2D eigenvalue weighted by Crippen LogP contribution is 2.25. The lowest BCUT2D eigenvalue weighted by molar-refractivity contribution is -0.146. The van der Waals surface area contributed by atoms with Crippen molar-refractivity contribution in [3.63, 3.8) is 0 Å². The maximum Gasteiger partial charge on any atom is 0.249 e. The molecule has 0 aliphatic carbocycles. The second-order valence-electron chi connectivity index (χ2n) is 8.85. The van der Waals surface area contributed by atoms with Crippen LogP contribution < -0.4 is 15.8 Å². The van der Waals surface area contributed by atoms with E-state index in [1.54, 1.807) is 12.0 Å². The average Bonchev–Trinajstić information content (AvgIpc) is 2.90. The highest BCUT2D eigenvalue weighted by Gasteiger charge is 2.38. The molecule has 2 amide bonds. The molecular formula is C27H38N4O4. The van der Waals surface area contributed by atoms with Gasteiger partial charge >= 0.3 is 0 Å². The zero-order valence-corrected chi connectivity index (χ0v) is 20.8. The molecule has 2 aromatic carbocycles. The largest absolute Gasteiger partial charge is 0.497 e. The summed E-state index contributed by atoms with van der Waals surface area (Å²) in [6.07, 6.45) is 2.27. The molecule has 1 fully saturated rings. The van der Waals surface area contributed by atoms with Crippen molar-refractivity contribution < 1.29 is 19.1 Å². The zero-order valence-electron chi connectivity index (χ0n) is 20.8. The van der Waals surface area contributed by atoms with Crippen LogP contribution in [0.4, 0.5) is 0 Å². The predicted octanol–water partition coefficient (Wildman–Crippen LogP) is 1.82. The van der Waals surface area contributed by atoms with Crippen LogP contribution in [0.25, 0.3) is 0 Å². The number of nitrogens with zero attached hydrogens (tertiary/aromatic N) is 2. The fourth-order valence-electron chi connectivity index (χ4n) is 4.62. The third kappa shape index (κ3) is 7.78. The molecule has 8 nitrogen and oxygen atoms in total. The van der Waals surface area contributed by atoms with Crippen LogP contribution in [-0.4, -0.2) is 80.7 Å². The van der Waals surface area contributed by atoms with Crippen molar-refractivity contribution >= 4 is 11.8 Å². The smallest absolute Gasteiger partial charge is 0.249 e. The van der Waals surface area contributed by atoms with Gasteiger partial charge in [0.05, 0.1) is 7.11 Å². The van der Waals surface area contributed by atoms with Gasteiger partial charge in [0.1, 0.15) is 18.4 Å². The number of rotatable bonds is 12. The van der Waals surface area contributed by atoms with E-state index >= 15 is 0 Å². The first kappa shape index (κ1) is 26.7. The van der Waals surface area contributed by atoms with E-state index in [-0.39, 0.29) is 24.5 Å². The molecule has 0 bridgehead atoms. The summed E-state index contributed by atoms with van der Waals surface area (Å²) in [6, 6.07) is 18.1. The monoisotopic (exact) mass is 482 g/mol. The number of nitrogens with two attached hydrogens (primary N) is 1. The highest BCUT2D eigenvalue weighted by atomic mass is 16.5. The fourth-order valence-corrected chi connectivity index (χ4v) is 4.62. The van der Waals surface area contributed by atoms with Crippen LogP contribution in [0, 0.1) is 0 Å². The summed E-state index contributed by atoms with van der Waals surface area (Å²) in [6.45, 7) is 2.83. The molecule has 1 saturated heterocycles. The Morgan fingerprint density at radius 3 is 2.49 bits per heavy atom. The number of hydrogen-bond acceptors (Lipinski definition) is 6. The molecule has 1 aliphatic heterocycles. The Morgan fingerprint density at radius 2 is 1.83 bits per heavy atom. The fraction of sp³-hybridized carbons (Fsp3) is 0.481. The van der Waals surface area contributed by atoms with Crippen LogP contribution in [0.2, 0.25) is 0 Å². The molecule has 0 saturated carbocycles. The summed E-state index contributed by atoms with van der Waals surface area (Å²) in [5, 5.41) is 2.88. The molecule has 1 heterocycles. The molecule has 0 radical (unpaired) electrons. The third-order valence-electron chi connectivity index (χ3n) is 6.50. The SMILES string of the molecule is COCC(=O)N1CCC(N(CCc2ccccc2)Cc2ccc(OC)cc2)C[C@@H]1C(=O)NCCN. The quantitative estimate of drug-likeness (QED) is 0.479.